The molecule has 3 heteroatoms. The first-order valence-corrected chi connectivity index (χ1v) is 7.65. The van der Waals surface area contributed by atoms with Gasteiger partial charge >= 0.3 is 0 Å². The van der Waals surface area contributed by atoms with E-state index in [-0.39, 0.29) is 0 Å². The molecular weight excluding hydrogens is 284 g/mol. The summed E-state index contributed by atoms with van der Waals surface area (Å²) >= 11 is 0. The van der Waals surface area contributed by atoms with Gasteiger partial charge in [-0.2, -0.15) is 0 Å². The molecule has 4 rings (SSSR count). The van der Waals surface area contributed by atoms with Crippen LogP contribution in [-0.4, -0.2) is 9.97 Å². The summed E-state index contributed by atoms with van der Waals surface area (Å²) in [7, 11) is 0. The molecule has 0 aliphatic carbocycles. The molecular formula is C20H16N2O. The lowest BCUT2D eigenvalue weighted by Crippen LogP contribution is -1.99. The number of pyridine rings is 2. The summed E-state index contributed by atoms with van der Waals surface area (Å²) in [5.74, 6) is 0. The predicted molar refractivity (Wildman–Crippen MR) is 92.0 cm³/mol. The Balaban J connectivity index is 1.55. The van der Waals surface area contributed by atoms with E-state index >= 15 is 0 Å². The third kappa shape index (κ3) is 2.79. The highest BCUT2D eigenvalue weighted by molar-refractivity contribution is 5.84. The van der Waals surface area contributed by atoms with E-state index in [1.807, 2.05) is 48.8 Å². The van der Waals surface area contributed by atoms with E-state index in [1.165, 1.54) is 10.8 Å². The van der Waals surface area contributed by atoms with Gasteiger partial charge in [-0.1, -0.05) is 48.5 Å². The van der Waals surface area contributed by atoms with Crippen LogP contribution in [0.1, 0.15) is 11.4 Å². The van der Waals surface area contributed by atoms with Crippen molar-refractivity contribution < 1.29 is 4.74 Å². The SMILES string of the molecule is c1ccc2c(COCc3nccc4ccccc34)nccc2c1. The average molecular weight is 300 g/mol. The fourth-order valence-electron chi connectivity index (χ4n) is 2.84. The van der Waals surface area contributed by atoms with Crippen LogP contribution in [0.4, 0.5) is 0 Å². The molecule has 0 fully saturated rings. The minimum absolute atomic E-state index is 0.478. The van der Waals surface area contributed by atoms with Crippen molar-refractivity contribution in [2.75, 3.05) is 0 Å². The Morgan fingerprint density at radius 1 is 0.609 bits per heavy atom. The van der Waals surface area contributed by atoms with E-state index < -0.39 is 0 Å². The van der Waals surface area contributed by atoms with Gasteiger partial charge in [0, 0.05) is 23.2 Å². The summed E-state index contributed by atoms with van der Waals surface area (Å²) in [6.07, 6.45) is 3.66. The van der Waals surface area contributed by atoms with E-state index in [4.69, 9.17) is 4.74 Å². The molecule has 0 aliphatic rings. The van der Waals surface area contributed by atoms with Crippen LogP contribution in [0.3, 0.4) is 0 Å². The molecule has 0 amide bonds. The van der Waals surface area contributed by atoms with Crippen molar-refractivity contribution in [1.82, 2.24) is 9.97 Å². The molecule has 0 saturated heterocycles. The molecule has 0 N–H and O–H groups in total. The molecule has 0 aliphatic heterocycles. The maximum atomic E-state index is 5.90. The molecule has 2 heterocycles. The van der Waals surface area contributed by atoms with Gasteiger partial charge in [0.25, 0.3) is 0 Å². The highest BCUT2D eigenvalue weighted by Gasteiger charge is 2.05. The van der Waals surface area contributed by atoms with Crippen LogP contribution in [0.25, 0.3) is 21.5 Å². The fraction of sp³-hybridized carbons (Fsp3) is 0.100. The van der Waals surface area contributed by atoms with Crippen LogP contribution < -0.4 is 0 Å². The highest BCUT2D eigenvalue weighted by atomic mass is 16.5. The number of aromatic nitrogens is 2. The van der Waals surface area contributed by atoms with Crippen LogP contribution in [0.2, 0.25) is 0 Å². The van der Waals surface area contributed by atoms with Gasteiger partial charge in [-0.25, -0.2) is 0 Å². The van der Waals surface area contributed by atoms with Crippen LogP contribution in [0, 0.1) is 0 Å². The molecule has 0 saturated carbocycles. The molecule has 0 radical (unpaired) electrons. The molecule has 4 aromatic rings. The third-order valence-electron chi connectivity index (χ3n) is 3.99. The Labute approximate surface area is 134 Å². The van der Waals surface area contributed by atoms with Gasteiger partial charge in [0.05, 0.1) is 24.6 Å². The third-order valence-corrected chi connectivity index (χ3v) is 3.99. The zero-order chi connectivity index (χ0) is 15.5. The topological polar surface area (TPSA) is 35.0 Å². The van der Waals surface area contributed by atoms with Crippen LogP contribution in [0.15, 0.2) is 73.1 Å². The average Bonchev–Trinajstić information content (AvgIpc) is 2.62. The molecule has 23 heavy (non-hydrogen) atoms. The first-order valence-electron chi connectivity index (χ1n) is 7.65. The van der Waals surface area contributed by atoms with Gasteiger partial charge in [0.15, 0.2) is 0 Å². The van der Waals surface area contributed by atoms with Gasteiger partial charge in [-0.3, -0.25) is 9.97 Å². The minimum atomic E-state index is 0.478. The summed E-state index contributed by atoms with van der Waals surface area (Å²) in [6, 6.07) is 20.5. The zero-order valence-corrected chi connectivity index (χ0v) is 12.6. The molecule has 3 nitrogen and oxygen atoms in total. The summed E-state index contributed by atoms with van der Waals surface area (Å²) in [5.41, 5.74) is 1.92. The maximum Gasteiger partial charge on any atom is 0.0899 e. The smallest absolute Gasteiger partial charge is 0.0899 e. The second-order valence-electron chi connectivity index (χ2n) is 5.45. The van der Waals surface area contributed by atoms with Crippen molar-refractivity contribution in [2.45, 2.75) is 13.2 Å². The summed E-state index contributed by atoms with van der Waals surface area (Å²) in [4.78, 5) is 8.91. The molecule has 0 unspecified atom stereocenters. The summed E-state index contributed by atoms with van der Waals surface area (Å²) < 4.78 is 5.90. The second-order valence-corrected chi connectivity index (χ2v) is 5.45. The number of fused-ring (bicyclic) bond motifs is 2. The van der Waals surface area contributed by atoms with Crippen molar-refractivity contribution >= 4 is 21.5 Å². The number of benzene rings is 2. The largest absolute Gasteiger partial charge is 0.369 e. The molecule has 0 spiro atoms. The summed E-state index contributed by atoms with van der Waals surface area (Å²) in [6.45, 7) is 0.957. The number of hydrogen-bond acceptors (Lipinski definition) is 3. The van der Waals surface area contributed by atoms with Gasteiger partial charge in [-0.15, -0.1) is 0 Å². The number of nitrogens with zero attached hydrogens (tertiary/aromatic N) is 2. The van der Waals surface area contributed by atoms with Gasteiger partial charge < -0.3 is 4.74 Å². The van der Waals surface area contributed by atoms with Crippen LogP contribution in [-0.2, 0) is 18.0 Å². The Morgan fingerprint density at radius 3 is 1.61 bits per heavy atom. The number of rotatable bonds is 4. The normalized spacial score (nSPS) is 11.1. The Bertz CT molecular complexity index is 876. The van der Waals surface area contributed by atoms with Crippen molar-refractivity contribution in [3.63, 3.8) is 0 Å². The Morgan fingerprint density at radius 2 is 1.09 bits per heavy atom. The molecule has 112 valence electrons. The molecule has 0 bridgehead atoms. The van der Waals surface area contributed by atoms with Crippen LogP contribution in [0.5, 0.6) is 0 Å². The van der Waals surface area contributed by atoms with Gasteiger partial charge in [0.2, 0.25) is 0 Å². The monoisotopic (exact) mass is 300 g/mol. The zero-order valence-electron chi connectivity index (χ0n) is 12.6. The lowest BCUT2D eigenvalue weighted by Gasteiger charge is -2.08. The van der Waals surface area contributed by atoms with Crippen LogP contribution >= 0.6 is 0 Å². The fourth-order valence-corrected chi connectivity index (χ4v) is 2.84. The van der Waals surface area contributed by atoms with E-state index in [2.05, 4.69) is 34.2 Å². The Hall–Kier alpha value is -2.78. The lowest BCUT2D eigenvalue weighted by molar-refractivity contribution is 0.104. The van der Waals surface area contributed by atoms with Crippen molar-refractivity contribution in [1.29, 1.82) is 0 Å². The van der Waals surface area contributed by atoms with Gasteiger partial charge in [0.1, 0.15) is 0 Å². The van der Waals surface area contributed by atoms with E-state index in [0.29, 0.717) is 13.2 Å². The molecule has 2 aromatic carbocycles. The van der Waals surface area contributed by atoms with E-state index in [1.54, 1.807) is 0 Å². The number of hydrogen-bond donors (Lipinski definition) is 0. The maximum absolute atomic E-state index is 5.90. The standard InChI is InChI=1S/C20H16N2O/c1-3-7-17-15(5-1)9-11-21-19(17)13-23-14-20-18-8-4-2-6-16(18)10-12-22-20/h1-12H,13-14H2. The predicted octanol–water partition coefficient (Wildman–Crippen LogP) is 4.50. The van der Waals surface area contributed by atoms with Crippen molar-refractivity contribution in [2.24, 2.45) is 0 Å². The quantitative estimate of drug-likeness (QED) is 0.556. The van der Waals surface area contributed by atoms with E-state index in [0.717, 1.165) is 22.2 Å². The molecule has 0 atom stereocenters. The first kappa shape index (κ1) is 13.9. The minimum Gasteiger partial charge on any atom is -0.369 e. The molecule has 2 aromatic heterocycles. The van der Waals surface area contributed by atoms with Crippen molar-refractivity contribution in [3.05, 3.63) is 84.4 Å². The number of ether oxygens (including phenoxy) is 1. The first-order chi connectivity index (χ1) is 11.4. The lowest BCUT2D eigenvalue weighted by atomic mass is 10.1. The summed E-state index contributed by atoms with van der Waals surface area (Å²) in [5, 5.41) is 4.65. The second kappa shape index (κ2) is 6.15. The van der Waals surface area contributed by atoms with Gasteiger partial charge in [-0.05, 0) is 22.9 Å². The highest BCUT2D eigenvalue weighted by Crippen LogP contribution is 2.19. The van der Waals surface area contributed by atoms with E-state index in [9.17, 15) is 0 Å². The van der Waals surface area contributed by atoms with Crippen molar-refractivity contribution in [3.8, 4) is 0 Å². The Kier molecular flexibility index (Phi) is 3.70.